The molecule has 0 aromatic heterocycles. The Labute approximate surface area is 166 Å². The largest absolute Gasteiger partial charge is 0.332 e. The Morgan fingerprint density at radius 2 is 1.46 bits per heavy atom. The van der Waals surface area contributed by atoms with E-state index in [1.54, 1.807) is 7.05 Å². The third-order valence-electron chi connectivity index (χ3n) is 4.95. The molecule has 0 aliphatic heterocycles. The minimum absolute atomic E-state index is 0.134. The molecule has 3 aromatic carbocycles. The summed E-state index contributed by atoms with van der Waals surface area (Å²) in [6, 6.07) is 23.6. The fourth-order valence-electron chi connectivity index (χ4n) is 3.43. The van der Waals surface area contributed by atoms with Crippen molar-refractivity contribution in [3.8, 4) is 11.1 Å². The van der Waals surface area contributed by atoms with Gasteiger partial charge in [0.1, 0.15) is 6.29 Å². The summed E-state index contributed by atoms with van der Waals surface area (Å²) >= 11 is 0. The molecule has 0 fully saturated rings. The Kier molecular flexibility index (Phi) is 6.05. The molecule has 1 atom stereocenters. The van der Waals surface area contributed by atoms with Gasteiger partial charge in [0.05, 0.1) is 6.04 Å². The molecule has 0 unspecified atom stereocenters. The van der Waals surface area contributed by atoms with Gasteiger partial charge in [0, 0.05) is 12.6 Å². The van der Waals surface area contributed by atoms with Crippen LogP contribution in [0, 0.1) is 13.8 Å². The van der Waals surface area contributed by atoms with Gasteiger partial charge in [-0.1, -0.05) is 71.8 Å². The average molecular weight is 371 g/mol. The second kappa shape index (κ2) is 8.66. The van der Waals surface area contributed by atoms with Crippen molar-refractivity contribution >= 4 is 12.2 Å². The van der Waals surface area contributed by atoms with Crippen LogP contribution in [-0.2, 0) is 11.2 Å². The highest BCUT2D eigenvalue weighted by Gasteiger charge is 2.21. The van der Waals surface area contributed by atoms with Gasteiger partial charge >= 0.3 is 0 Å². The van der Waals surface area contributed by atoms with Gasteiger partial charge in [-0.05, 0) is 49.1 Å². The number of amides is 1. The quantitative estimate of drug-likeness (QED) is 0.581. The number of hydrogen-bond donors (Lipinski definition) is 0. The standard InChI is InChI=1S/C25H25NO2/c1-18-13-19(2)15-23(14-18)25(28)26(3)24(17-27)16-20-9-11-22(12-10-20)21-7-5-4-6-8-21/h4-15,17,24H,16H2,1-3H3/t24-/m1/s1. The van der Waals surface area contributed by atoms with E-state index in [0.717, 1.165) is 34.1 Å². The van der Waals surface area contributed by atoms with Crippen molar-refractivity contribution in [1.82, 2.24) is 4.90 Å². The molecule has 0 spiro atoms. The fourth-order valence-corrected chi connectivity index (χ4v) is 3.43. The van der Waals surface area contributed by atoms with Crippen LogP contribution < -0.4 is 0 Å². The van der Waals surface area contributed by atoms with E-state index in [-0.39, 0.29) is 5.91 Å². The van der Waals surface area contributed by atoms with Gasteiger partial charge < -0.3 is 9.69 Å². The molecule has 3 nitrogen and oxygen atoms in total. The number of benzene rings is 3. The van der Waals surface area contributed by atoms with Gasteiger partial charge in [0.25, 0.3) is 5.91 Å². The predicted molar refractivity (Wildman–Crippen MR) is 113 cm³/mol. The maximum atomic E-state index is 12.8. The number of aldehydes is 1. The Bertz CT molecular complexity index is 941. The van der Waals surface area contributed by atoms with E-state index in [1.165, 1.54) is 4.90 Å². The summed E-state index contributed by atoms with van der Waals surface area (Å²) in [5.41, 5.74) is 6.00. The van der Waals surface area contributed by atoms with Gasteiger partial charge in [0.2, 0.25) is 0 Å². The number of likely N-dealkylation sites (N-methyl/N-ethyl adjacent to an activating group) is 1. The molecule has 0 saturated heterocycles. The maximum Gasteiger partial charge on any atom is 0.254 e. The average Bonchev–Trinajstić information content (AvgIpc) is 2.71. The minimum Gasteiger partial charge on any atom is -0.332 e. The third kappa shape index (κ3) is 4.55. The minimum atomic E-state index is -0.504. The van der Waals surface area contributed by atoms with Crippen LogP contribution in [0.25, 0.3) is 11.1 Å². The van der Waals surface area contributed by atoms with E-state index < -0.39 is 6.04 Å². The van der Waals surface area contributed by atoms with E-state index in [4.69, 9.17) is 0 Å². The van der Waals surface area contributed by atoms with E-state index >= 15 is 0 Å². The number of hydrogen-bond acceptors (Lipinski definition) is 2. The summed E-state index contributed by atoms with van der Waals surface area (Å²) in [6.45, 7) is 3.94. The number of rotatable bonds is 6. The second-order valence-corrected chi connectivity index (χ2v) is 7.26. The van der Waals surface area contributed by atoms with E-state index in [0.29, 0.717) is 12.0 Å². The van der Waals surface area contributed by atoms with Crippen molar-refractivity contribution in [2.24, 2.45) is 0 Å². The van der Waals surface area contributed by atoms with Crippen molar-refractivity contribution in [3.63, 3.8) is 0 Å². The molecule has 3 heteroatoms. The SMILES string of the molecule is Cc1cc(C)cc(C(=O)N(C)[C@@H](C=O)Cc2ccc(-c3ccccc3)cc2)c1. The van der Waals surface area contributed by atoms with Gasteiger partial charge in [-0.25, -0.2) is 0 Å². The van der Waals surface area contributed by atoms with E-state index in [9.17, 15) is 9.59 Å². The first-order chi connectivity index (χ1) is 13.5. The molecule has 142 valence electrons. The molecule has 0 saturated carbocycles. The van der Waals surface area contributed by atoms with Gasteiger partial charge in [-0.3, -0.25) is 4.79 Å². The highest BCUT2D eigenvalue weighted by Crippen LogP contribution is 2.20. The Morgan fingerprint density at radius 3 is 2.04 bits per heavy atom. The Morgan fingerprint density at radius 1 is 0.893 bits per heavy atom. The summed E-state index contributed by atoms with van der Waals surface area (Å²) in [6.07, 6.45) is 1.34. The van der Waals surface area contributed by atoms with Crippen molar-refractivity contribution in [2.45, 2.75) is 26.3 Å². The molecule has 0 N–H and O–H groups in total. The zero-order chi connectivity index (χ0) is 20.1. The first kappa shape index (κ1) is 19.6. The van der Waals surface area contributed by atoms with Crippen molar-refractivity contribution < 1.29 is 9.59 Å². The van der Waals surface area contributed by atoms with Crippen LogP contribution in [-0.4, -0.2) is 30.2 Å². The van der Waals surface area contributed by atoms with Crippen molar-refractivity contribution in [3.05, 3.63) is 95.1 Å². The normalized spacial score (nSPS) is 11.7. The molecule has 0 aliphatic carbocycles. The van der Waals surface area contributed by atoms with Crippen LogP contribution in [0.3, 0.4) is 0 Å². The lowest BCUT2D eigenvalue weighted by atomic mass is 10.00. The molecule has 1 amide bonds. The lowest BCUT2D eigenvalue weighted by molar-refractivity contribution is -0.111. The van der Waals surface area contributed by atoms with Gasteiger partial charge in [-0.15, -0.1) is 0 Å². The van der Waals surface area contributed by atoms with Crippen molar-refractivity contribution in [2.75, 3.05) is 7.05 Å². The molecule has 3 aromatic rings. The molecule has 0 aliphatic rings. The molecule has 28 heavy (non-hydrogen) atoms. The first-order valence-corrected chi connectivity index (χ1v) is 9.43. The first-order valence-electron chi connectivity index (χ1n) is 9.43. The molecular weight excluding hydrogens is 346 g/mol. The number of carbonyl (C=O) groups excluding carboxylic acids is 2. The Balaban J connectivity index is 1.74. The van der Waals surface area contributed by atoms with Crippen LogP contribution in [0.4, 0.5) is 0 Å². The number of aryl methyl sites for hydroxylation is 2. The summed E-state index contributed by atoms with van der Waals surface area (Å²) in [5.74, 6) is -0.134. The highest BCUT2D eigenvalue weighted by molar-refractivity contribution is 5.96. The number of carbonyl (C=O) groups is 2. The Hall–Kier alpha value is -3.20. The van der Waals surface area contributed by atoms with Crippen LogP contribution in [0.5, 0.6) is 0 Å². The van der Waals surface area contributed by atoms with Crippen molar-refractivity contribution in [1.29, 1.82) is 0 Å². The zero-order valence-electron chi connectivity index (χ0n) is 16.6. The highest BCUT2D eigenvalue weighted by atomic mass is 16.2. The maximum absolute atomic E-state index is 12.8. The molecule has 0 bridgehead atoms. The topological polar surface area (TPSA) is 37.4 Å². The van der Waals surface area contributed by atoms with Crippen LogP contribution in [0.1, 0.15) is 27.0 Å². The van der Waals surface area contributed by atoms with E-state index in [2.05, 4.69) is 24.3 Å². The summed E-state index contributed by atoms with van der Waals surface area (Å²) < 4.78 is 0. The summed E-state index contributed by atoms with van der Waals surface area (Å²) in [4.78, 5) is 26.1. The monoisotopic (exact) mass is 371 g/mol. The molecule has 0 heterocycles. The molecule has 3 rings (SSSR count). The summed E-state index contributed by atoms with van der Waals surface area (Å²) in [7, 11) is 1.69. The van der Waals surface area contributed by atoms with Crippen LogP contribution >= 0.6 is 0 Å². The molecule has 0 radical (unpaired) electrons. The lowest BCUT2D eigenvalue weighted by Crippen LogP contribution is -2.39. The van der Waals surface area contributed by atoms with Gasteiger partial charge in [0.15, 0.2) is 0 Å². The lowest BCUT2D eigenvalue weighted by Gasteiger charge is -2.24. The predicted octanol–water partition coefficient (Wildman–Crippen LogP) is 4.85. The summed E-state index contributed by atoms with van der Waals surface area (Å²) in [5, 5.41) is 0. The molecular formula is C25H25NO2. The van der Waals surface area contributed by atoms with E-state index in [1.807, 2.05) is 62.4 Å². The third-order valence-corrected chi connectivity index (χ3v) is 4.95. The zero-order valence-corrected chi connectivity index (χ0v) is 16.6. The number of nitrogens with zero attached hydrogens (tertiary/aromatic N) is 1. The fraction of sp³-hybridized carbons (Fsp3) is 0.200. The smallest absolute Gasteiger partial charge is 0.254 e. The van der Waals surface area contributed by atoms with Crippen LogP contribution in [0.2, 0.25) is 0 Å². The second-order valence-electron chi connectivity index (χ2n) is 7.26. The van der Waals surface area contributed by atoms with Crippen LogP contribution in [0.15, 0.2) is 72.8 Å². The van der Waals surface area contributed by atoms with Gasteiger partial charge in [-0.2, -0.15) is 0 Å².